The summed E-state index contributed by atoms with van der Waals surface area (Å²) >= 11 is 0. The van der Waals surface area contributed by atoms with E-state index < -0.39 is 18.5 Å². The lowest BCUT2D eigenvalue weighted by Gasteiger charge is -2.59. The molecule has 4 aliphatic rings. The maximum atomic E-state index is 11.9. The van der Waals surface area contributed by atoms with Gasteiger partial charge in [-0.3, -0.25) is 0 Å². The van der Waals surface area contributed by atoms with Gasteiger partial charge < -0.3 is 14.6 Å². The number of hydrogen-bond donors (Lipinski definition) is 1. The highest BCUT2D eigenvalue weighted by Gasteiger charge is 2.56. The zero-order valence-electron chi connectivity index (χ0n) is 11.8. The molecular weight excluding hydrogens is 260 g/mol. The van der Waals surface area contributed by atoms with Gasteiger partial charge >= 0.3 is 11.9 Å². The molecule has 112 valence electrons. The molecule has 5 nitrogen and oxygen atoms in total. The Kier molecular flexibility index (Phi) is 3.48. The van der Waals surface area contributed by atoms with Gasteiger partial charge in [0.15, 0.2) is 0 Å². The number of rotatable bonds is 5. The van der Waals surface area contributed by atoms with Crippen LogP contribution in [-0.4, -0.2) is 35.9 Å². The predicted octanol–water partition coefficient (Wildman–Crippen LogP) is 1.85. The summed E-state index contributed by atoms with van der Waals surface area (Å²) in [6, 6.07) is 0. The molecule has 0 aromatic carbocycles. The monoisotopic (exact) mass is 282 g/mol. The topological polar surface area (TPSA) is 72.8 Å². The molecule has 4 aliphatic carbocycles. The fourth-order valence-corrected chi connectivity index (χ4v) is 4.78. The Hall–Kier alpha value is -1.10. The van der Waals surface area contributed by atoms with Crippen molar-refractivity contribution in [1.82, 2.24) is 0 Å². The number of aliphatic carboxylic acids is 1. The summed E-state index contributed by atoms with van der Waals surface area (Å²) in [4.78, 5) is 22.2. The highest BCUT2D eigenvalue weighted by molar-refractivity contribution is 5.72. The van der Waals surface area contributed by atoms with Gasteiger partial charge in [-0.1, -0.05) is 0 Å². The van der Waals surface area contributed by atoms with Crippen molar-refractivity contribution in [2.24, 2.45) is 23.7 Å². The minimum Gasteiger partial charge on any atom is -0.480 e. The van der Waals surface area contributed by atoms with Gasteiger partial charge in [0, 0.05) is 0 Å². The number of hydrogen-bond acceptors (Lipinski definition) is 4. The van der Waals surface area contributed by atoms with E-state index in [1.54, 1.807) is 0 Å². The summed E-state index contributed by atoms with van der Waals surface area (Å²) in [5.74, 6) is 1.10. The molecule has 5 heteroatoms. The third-order valence-corrected chi connectivity index (χ3v) is 5.54. The van der Waals surface area contributed by atoms with Crippen molar-refractivity contribution in [2.45, 2.75) is 44.6 Å². The first-order valence-corrected chi connectivity index (χ1v) is 7.48. The predicted molar refractivity (Wildman–Crippen MR) is 70.0 cm³/mol. The number of carboxylic acid groups (broad SMARTS) is 1. The molecule has 0 aromatic rings. The Morgan fingerprint density at radius 2 is 1.60 bits per heavy atom. The van der Waals surface area contributed by atoms with Gasteiger partial charge in [0.2, 0.25) is 0 Å². The Morgan fingerprint density at radius 3 is 2.10 bits per heavy atom. The highest BCUT2D eigenvalue weighted by Crippen LogP contribution is 2.59. The SMILES string of the molecule is CC1(OC(=O)COCC(=O)O)C2CC3CC(C2)CC1C3. The van der Waals surface area contributed by atoms with Crippen molar-refractivity contribution < 1.29 is 24.2 Å². The molecule has 0 heterocycles. The highest BCUT2D eigenvalue weighted by atomic mass is 16.6. The van der Waals surface area contributed by atoms with E-state index in [0.29, 0.717) is 11.8 Å². The molecule has 0 atom stereocenters. The van der Waals surface area contributed by atoms with Crippen LogP contribution in [0.1, 0.15) is 39.0 Å². The third-order valence-electron chi connectivity index (χ3n) is 5.54. The van der Waals surface area contributed by atoms with Crippen LogP contribution in [0.4, 0.5) is 0 Å². The van der Waals surface area contributed by atoms with Crippen molar-refractivity contribution in [1.29, 1.82) is 0 Å². The molecular formula is C15H22O5. The molecule has 4 bridgehead atoms. The molecule has 20 heavy (non-hydrogen) atoms. The van der Waals surface area contributed by atoms with Crippen LogP contribution in [0.3, 0.4) is 0 Å². The van der Waals surface area contributed by atoms with Crippen molar-refractivity contribution in [3.63, 3.8) is 0 Å². The van der Waals surface area contributed by atoms with E-state index in [2.05, 4.69) is 6.92 Å². The first-order valence-electron chi connectivity index (χ1n) is 7.48. The van der Waals surface area contributed by atoms with Crippen LogP contribution in [0.2, 0.25) is 0 Å². The average Bonchev–Trinajstić information content (AvgIpc) is 2.34. The van der Waals surface area contributed by atoms with E-state index in [4.69, 9.17) is 14.6 Å². The van der Waals surface area contributed by atoms with Crippen molar-refractivity contribution in [3.8, 4) is 0 Å². The van der Waals surface area contributed by atoms with Gasteiger partial charge in [-0.15, -0.1) is 0 Å². The summed E-state index contributed by atoms with van der Waals surface area (Å²) in [6.45, 7) is 1.34. The molecule has 0 unspecified atom stereocenters. The van der Waals surface area contributed by atoms with Gasteiger partial charge in [0.05, 0.1) is 0 Å². The van der Waals surface area contributed by atoms with Crippen LogP contribution >= 0.6 is 0 Å². The normalized spacial score (nSPS) is 41.6. The summed E-state index contributed by atoms with van der Waals surface area (Å²) in [6.07, 6.45) is 6.05. The number of carbonyl (C=O) groups is 2. The Morgan fingerprint density at radius 1 is 1.05 bits per heavy atom. The summed E-state index contributed by atoms with van der Waals surface area (Å²) in [5.41, 5.74) is -0.364. The van der Waals surface area contributed by atoms with Crippen LogP contribution in [0.25, 0.3) is 0 Å². The summed E-state index contributed by atoms with van der Waals surface area (Å²) < 4.78 is 10.6. The fraction of sp³-hybridized carbons (Fsp3) is 0.867. The summed E-state index contributed by atoms with van der Waals surface area (Å²) in [7, 11) is 0. The standard InChI is InChI=1S/C15H22O5/c1-15(20-14(18)8-19-7-13(16)17)11-3-9-2-10(5-11)6-12(15)4-9/h9-12H,2-8H2,1H3,(H,16,17). The molecule has 0 saturated heterocycles. The van der Waals surface area contributed by atoms with Crippen LogP contribution < -0.4 is 0 Å². The van der Waals surface area contributed by atoms with E-state index in [9.17, 15) is 9.59 Å². The zero-order valence-corrected chi connectivity index (χ0v) is 11.8. The van der Waals surface area contributed by atoms with E-state index >= 15 is 0 Å². The second kappa shape index (κ2) is 5.02. The fourth-order valence-electron chi connectivity index (χ4n) is 4.78. The van der Waals surface area contributed by atoms with Crippen LogP contribution in [0.5, 0.6) is 0 Å². The second-order valence-electron chi connectivity index (χ2n) is 6.85. The minimum absolute atomic E-state index is 0.270. The van der Waals surface area contributed by atoms with Crippen LogP contribution in [0.15, 0.2) is 0 Å². The smallest absolute Gasteiger partial charge is 0.332 e. The first-order chi connectivity index (χ1) is 9.47. The summed E-state index contributed by atoms with van der Waals surface area (Å²) in [5, 5.41) is 8.49. The van der Waals surface area contributed by atoms with E-state index in [0.717, 1.165) is 11.8 Å². The van der Waals surface area contributed by atoms with E-state index in [1.165, 1.54) is 32.1 Å². The van der Waals surface area contributed by atoms with Gasteiger partial charge in [0.25, 0.3) is 0 Å². The number of carboxylic acids is 1. The number of esters is 1. The molecule has 4 saturated carbocycles. The van der Waals surface area contributed by atoms with E-state index in [-0.39, 0.29) is 12.2 Å². The molecule has 4 fully saturated rings. The number of carbonyl (C=O) groups excluding carboxylic acids is 1. The Labute approximate surface area is 118 Å². The van der Waals surface area contributed by atoms with E-state index in [1.807, 2.05) is 0 Å². The zero-order chi connectivity index (χ0) is 14.3. The quantitative estimate of drug-likeness (QED) is 0.779. The maximum Gasteiger partial charge on any atom is 0.332 e. The average molecular weight is 282 g/mol. The second-order valence-corrected chi connectivity index (χ2v) is 6.85. The molecule has 1 N–H and O–H groups in total. The molecule has 0 aliphatic heterocycles. The van der Waals surface area contributed by atoms with Crippen LogP contribution in [-0.2, 0) is 19.1 Å². The Bertz CT molecular complexity index is 388. The first kappa shape index (κ1) is 13.9. The molecule has 0 amide bonds. The maximum absolute atomic E-state index is 11.9. The molecule has 4 rings (SSSR count). The lowest BCUT2D eigenvalue weighted by molar-refractivity contribution is -0.206. The Balaban J connectivity index is 1.58. The lowest BCUT2D eigenvalue weighted by atomic mass is 9.50. The largest absolute Gasteiger partial charge is 0.480 e. The van der Waals surface area contributed by atoms with Crippen molar-refractivity contribution in [2.75, 3.05) is 13.2 Å². The van der Waals surface area contributed by atoms with Crippen molar-refractivity contribution >= 4 is 11.9 Å². The lowest BCUT2D eigenvalue weighted by Crippen LogP contribution is -2.58. The third kappa shape index (κ3) is 2.43. The molecule has 0 spiro atoms. The van der Waals surface area contributed by atoms with Gasteiger partial charge in [-0.25, -0.2) is 9.59 Å². The number of ether oxygens (including phenoxy) is 2. The minimum atomic E-state index is -1.07. The van der Waals surface area contributed by atoms with Crippen molar-refractivity contribution in [3.05, 3.63) is 0 Å². The molecule has 0 aromatic heterocycles. The van der Waals surface area contributed by atoms with Crippen LogP contribution in [0, 0.1) is 23.7 Å². The van der Waals surface area contributed by atoms with Gasteiger partial charge in [-0.05, 0) is 62.7 Å². The molecule has 0 radical (unpaired) electrons. The van der Waals surface area contributed by atoms with Gasteiger partial charge in [-0.2, -0.15) is 0 Å². The van der Waals surface area contributed by atoms with Gasteiger partial charge in [0.1, 0.15) is 18.8 Å².